The van der Waals surface area contributed by atoms with E-state index in [1.54, 1.807) is 0 Å². The fraction of sp³-hybridized carbons (Fsp3) is 0.938. The quantitative estimate of drug-likeness (QED) is 0.728. The molecule has 0 bridgehead atoms. The van der Waals surface area contributed by atoms with Gasteiger partial charge in [0.15, 0.2) is 0 Å². The van der Waals surface area contributed by atoms with E-state index in [0.29, 0.717) is 17.9 Å². The van der Waals surface area contributed by atoms with Crippen molar-refractivity contribution in [2.24, 2.45) is 17.8 Å². The molecule has 5 atom stereocenters. The van der Waals surface area contributed by atoms with Crippen LogP contribution in [0.15, 0.2) is 0 Å². The molecule has 3 nitrogen and oxygen atoms in total. The summed E-state index contributed by atoms with van der Waals surface area (Å²) in [6.45, 7) is 8.95. The van der Waals surface area contributed by atoms with Crippen molar-refractivity contribution >= 4 is 5.91 Å². The van der Waals surface area contributed by atoms with E-state index in [1.807, 2.05) is 0 Å². The highest BCUT2D eigenvalue weighted by Crippen LogP contribution is 2.48. The minimum absolute atomic E-state index is 0.0330. The first-order valence-corrected chi connectivity index (χ1v) is 7.93. The minimum Gasteiger partial charge on any atom is -0.355 e. The molecule has 1 aliphatic carbocycles. The Labute approximate surface area is 116 Å². The van der Waals surface area contributed by atoms with E-state index in [9.17, 15) is 4.79 Å². The Morgan fingerprint density at radius 2 is 2.05 bits per heavy atom. The Balaban J connectivity index is 1.89. The van der Waals surface area contributed by atoms with Crippen LogP contribution in [0.2, 0.25) is 0 Å². The first-order valence-electron chi connectivity index (χ1n) is 7.93. The molecule has 0 aromatic carbocycles. The van der Waals surface area contributed by atoms with Crippen molar-refractivity contribution in [2.45, 2.75) is 77.7 Å². The summed E-state index contributed by atoms with van der Waals surface area (Å²) in [6.07, 6.45) is 5.89. The van der Waals surface area contributed by atoms with Crippen molar-refractivity contribution in [1.82, 2.24) is 4.90 Å². The van der Waals surface area contributed by atoms with Crippen LogP contribution in [0.3, 0.4) is 0 Å². The molecular formula is C16H27NO2. The predicted molar refractivity (Wildman–Crippen MR) is 74.5 cm³/mol. The smallest absolute Gasteiger partial charge is 0.228 e. The lowest BCUT2D eigenvalue weighted by Crippen LogP contribution is -2.63. The maximum Gasteiger partial charge on any atom is 0.228 e. The number of carbonyl (C=O) groups excluding carboxylic acids is 1. The third-order valence-corrected chi connectivity index (χ3v) is 5.77. The molecule has 0 aromatic heterocycles. The van der Waals surface area contributed by atoms with Gasteiger partial charge in [0.25, 0.3) is 0 Å². The summed E-state index contributed by atoms with van der Waals surface area (Å²) in [5.41, 5.74) is -0.0330. The Hall–Kier alpha value is -0.570. The third-order valence-electron chi connectivity index (χ3n) is 5.77. The second kappa shape index (κ2) is 4.47. The van der Waals surface area contributed by atoms with E-state index in [0.717, 1.165) is 18.8 Å². The van der Waals surface area contributed by atoms with Crippen LogP contribution in [0, 0.1) is 17.8 Å². The molecule has 0 aromatic rings. The Kier molecular flexibility index (Phi) is 3.16. The van der Waals surface area contributed by atoms with Crippen LogP contribution in [-0.4, -0.2) is 28.7 Å². The second-order valence-electron chi connectivity index (χ2n) is 7.36. The van der Waals surface area contributed by atoms with Crippen molar-refractivity contribution < 1.29 is 9.53 Å². The Morgan fingerprint density at radius 3 is 2.74 bits per heavy atom. The predicted octanol–water partition coefficient (Wildman–Crippen LogP) is 3.18. The van der Waals surface area contributed by atoms with Crippen LogP contribution in [0.1, 0.15) is 59.8 Å². The number of fused-ring (bicyclic) bond motifs is 2. The van der Waals surface area contributed by atoms with Gasteiger partial charge in [0, 0.05) is 23.8 Å². The summed E-state index contributed by atoms with van der Waals surface area (Å²) in [7, 11) is 0. The molecule has 1 saturated carbocycles. The van der Waals surface area contributed by atoms with Gasteiger partial charge in [-0.25, -0.2) is 0 Å². The van der Waals surface area contributed by atoms with E-state index in [2.05, 4.69) is 32.6 Å². The van der Waals surface area contributed by atoms with Crippen molar-refractivity contribution in [3.8, 4) is 0 Å². The molecule has 0 radical (unpaired) electrons. The fourth-order valence-electron chi connectivity index (χ4n) is 4.57. The van der Waals surface area contributed by atoms with Crippen LogP contribution >= 0.6 is 0 Å². The maximum atomic E-state index is 12.6. The zero-order valence-electron chi connectivity index (χ0n) is 12.7. The molecule has 0 spiro atoms. The monoisotopic (exact) mass is 265 g/mol. The number of hydrogen-bond donors (Lipinski definition) is 0. The van der Waals surface area contributed by atoms with Crippen LogP contribution < -0.4 is 0 Å². The molecule has 0 N–H and O–H groups in total. The average Bonchev–Trinajstić information content (AvgIpc) is 2.65. The number of hydrogen-bond acceptors (Lipinski definition) is 2. The zero-order valence-corrected chi connectivity index (χ0v) is 12.7. The molecular weight excluding hydrogens is 238 g/mol. The molecule has 3 rings (SSSR count). The van der Waals surface area contributed by atoms with Crippen molar-refractivity contribution in [2.75, 3.05) is 0 Å². The second-order valence-corrected chi connectivity index (χ2v) is 7.36. The summed E-state index contributed by atoms with van der Waals surface area (Å²) in [5.74, 6) is 1.79. The van der Waals surface area contributed by atoms with E-state index in [-0.39, 0.29) is 17.7 Å². The molecule has 3 fully saturated rings. The van der Waals surface area contributed by atoms with Gasteiger partial charge in [0.2, 0.25) is 5.91 Å². The lowest BCUT2D eigenvalue weighted by molar-refractivity contribution is -0.217. The number of ether oxygens (including phenoxy) is 1. The fourth-order valence-corrected chi connectivity index (χ4v) is 4.57. The van der Waals surface area contributed by atoms with Gasteiger partial charge in [-0.05, 0) is 39.0 Å². The van der Waals surface area contributed by atoms with E-state index in [4.69, 9.17) is 4.74 Å². The summed E-state index contributed by atoms with van der Waals surface area (Å²) >= 11 is 0. The first kappa shape index (κ1) is 13.4. The third kappa shape index (κ3) is 1.93. The lowest BCUT2D eigenvalue weighted by atomic mass is 9.70. The number of rotatable bonds is 1. The van der Waals surface area contributed by atoms with Crippen molar-refractivity contribution in [3.05, 3.63) is 0 Å². The Morgan fingerprint density at radius 1 is 1.32 bits per heavy atom. The normalized spacial score (nSPS) is 44.9. The lowest BCUT2D eigenvalue weighted by Gasteiger charge is -2.55. The van der Waals surface area contributed by atoms with Crippen molar-refractivity contribution in [3.63, 3.8) is 0 Å². The number of carbonyl (C=O) groups is 1. The highest BCUT2D eigenvalue weighted by Gasteiger charge is 2.56. The molecule has 3 aliphatic rings. The van der Waals surface area contributed by atoms with Crippen LogP contribution in [0.25, 0.3) is 0 Å². The van der Waals surface area contributed by atoms with Gasteiger partial charge >= 0.3 is 0 Å². The van der Waals surface area contributed by atoms with Gasteiger partial charge in [-0.1, -0.05) is 20.3 Å². The molecule has 0 unspecified atom stereocenters. The van der Waals surface area contributed by atoms with Gasteiger partial charge in [0.05, 0.1) is 6.10 Å². The van der Waals surface area contributed by atoms with Gasteiger partial charge in [-0.15, -0.1) is 0 Å². The molecule has 19 heavy (non-hydrogen) atoms. The van der Waals surface area contributed by atoms with Gasteiger partial charge < -0.3 is 9.64 Å². The summed E-state index contributed by atoms with van der Waals surface area (Å²) in [4.78, 5) is 14.7. The number of amides is 1. The summed E-state index contributed by atoms with van der Waals surface area (Å²) in [5, 5.41) is 0. The molecule has 3 heteroatoms. The average molecular weight is 265 g/mol. The topological polar surface area (TPSA) is 29.5 Å². The highest BCUT2D eigenvalue weighted by atomic mass is 16.5. The van der Waals surface area contributed by atoms with Crippen LogP contribution in [0.4, 0.5) is 0 Å². The first-order chi connectivity index (χ1) is 8.95. The van der Waals surface area contributed by atoms with E-state index in [1.165, 1.54) is 19.3 Å². The van der Waals surface area contributed by atoms with Gasteiger partial charge in [-0.3, -0.25) is 4.79 Å². The van der Waals surface area contributed by atoms with Crippen LogP contribution in [0.5, 0.6) is 0 Å². The van der Waals surface area contributed by atoms with Crippen molar-refractivity contribution in [1.29, 1.82) is 0 Å². The molecule has 2 heterocycles. The standard InChI is InChI=1S/C16H27NO2/c1-5-11-9-14-17(15(11)18)16(3,4)12-7-6-10(2)8-13(12)19-14/h10-14H,5-9H2,1-4H3/t10-,11+,12-,13-,14+/m1/s1. The molecule has 108 valence electrons. The summed E-state index contributed by atoms with van der Waals surface area (Å²) < 4.78 is 6.33. The van der Waals surface area contributed by atoms with Gasteiger partial charge in [-0.2, -0.15) is 0 Å². The number of nitrogens with zero attached hydrogens (tertiary/aromatic N) is 1. The zero-order chi connectivity index (χ0) is 13.8. The molecule has 2 saturated heterocycles. The minimum atomic E-state index is -0.0330. The summed E-state index contributed by atoms with van der Waals surface area (Å²) in [6, 6.07) is 0. The highest BCUT2D eigenvalue weighted by molar-refractivity contribution is 5.82. The van der Waals surface area contributed by atoms with Crippen LogP contribution in [-0.2, 0) is 9.53 Å². The van der Waals surface area contributed by atoms with Gasteiger partial charge in [0.1, 0.15) is 6.23 Å². The Bertz CT molecular complexity index is 379. The van der Waals surface area contributed by atoms with E-state index >= 15 is 0 Å². The largest absolute Gasteiger partial charge is 0.355 e. The molecule has 1 amide bonds. The van der Waals surface area contributed by atoms with E-state index < -0.39 is 0 Å². The SMILES string of the molecule is CC[C@H]1C[C@@H]2O[C@@H]3C[C@H](C)CC[C@H]3C(C)(C)N2C1=O. The molecule has 2 aliphatic heterocycles. The maximum absolute atomic E-state index is 12.6.